The highest BCUT2D eigenvalue weighted by atomic mass is 19.4. The number of benzene rings is 1. The van der Waals surface area contributed by atoms with Crippen LogP contribution in [-0.2, 0) is 15.8 Å². The minimum absolute atomic E-state index is 0.0290. The number of piperidine rings is 1. The van der Waals surface area contributed by atoms with Crippen molar-refractivity contribution in [2.75, 3.05) is 63.8 Å². The standard InChI is InChI=1S/C23H32F3N5O4/c1-3-28(4-2)21(32)16-27-11-13-30(14-12-27)22(33)17-7-9-29(10-8-17)19-6-5-18(23(24,25)26)15-20(19)31(34)35/h5-6,15,17H,3-4,7-14,16H2,1-2H3. The molecule has 0 atom stereocenters. The molecule has 2 fully saturated rings. The molecule has 0 saturated carbocycles. The van der Waals surface area contributed by atoms with E-state index in [-0.39, 0.29) is 23.4 Å². The second kappa shape index (κ2) is 11.2. The third-order valence-corrected chi connectivity index (χ3v) is 6.84. The average Bonchev–Trinajstić information content (AvgIpc) is 2.84. The number of piperazine rings is 1. The average molecular weight is 500 g/mol. The second-order valence-corrected chi connectivity index (χ2v) is 8.89. The van der Waals surface area contributed by atoms with Gasteiger partial charge in [0.25, 0.3) is 5.69 Å². The van der Waals surface area contributed by atoms with Crippen LogP contribution >= 0.6 is 0 Å². The van der Waals surface area contributed by atoms with Crippen LogP contribution in [0.15, 0.2) is 18.2 Å². The summed E-state index contributed by atoms with van der Waals surface area (Å²) in [5, 5.41) is 11.4. The zero-order chi connectivity index (χ0) is 25.8. The van der Waals surface area contributed by atoms with Gasteiger partial charge in [-0.05, 0) is 38.8 Å². The predicted molar refractivity (Wildman–Crippen MR) is 124 cm³/mol. The Labute approximate surface area is 202 Å². The van der Waals surface area contributed by atoms with Gasteiger partial charge in [0.1, 0.15) is 5.69 Å². The van der Waals surface area contributed by atoms with Crippen molar-refractivity contribution >= 4 is 23.2 Å². The molecular formula is C23H32F3N5O4. The number of carbonyl (C=O) groups excluding carboxylic acids is 2. The lowest BCUT2D eigenvalue weighted by atomic mass is 9.94. The summed E-state index contributed by atoms with van der Waals surface area (Å²) in [4.78, 5) is 43.3. The van der Waals surface area contributed by atoms with Crippen LogP contribution in [0, 0.1) is 16.0 Å². The molecule has 3 rings (SSSR count). The molecule has 2 amide bonds. The third kappa shape index (κ3) is 6.41. The van der Waals surface area contributed by atoms with Crippen molar-refractivity contribution in [1.29, 1.82) is 0 Å². The molecule has 194 valence electrons. The van der Waals surface area contributed by atoms with Crippen LogP contribution in [-0.4, -0.2) is 90.3 Å². The lowest BCUT2D eigenvalue weighted by molar-refractivity contribution is -0.384. The Morgan fingerprint density at radius 3 is 2.17 bits per heavy atom. The van der Waals surface area contributed by atoms with Gasteiger partial charge in [0, 0.05) is 64.3 Å². The van der Waals surface area contributed by atoms with Crippen molar-refractivity contribution in [2.24, 2.45) is 5.92 Å². The summed E-state index contributed by atoms with van der Waals surface area (Å²) in [5.74, 6) is -0.121. The first-order chi connectivity index (χ1) is 16.5. The van der Waals surface area contributed by atoms with E-state index in [2.05, 4.69) is 4.90 Å². The summed E-state index contributed by atoms with van der Waals surface area (Å²) in [5.41, 5.74) is -1.50. The van der Waals surface area contributed by atoms with Crippen molar-refractivity contribution in [3.8, 4) is 0 Å². The van der Waals surface area contributed by atoms with Crippen LogP contribution in [0.5, 0.6) is 0 Å². The van der Waals surface area contributed by atoms with E-state index < -0.39 is 22.4 Å². The normalized spacial score (nSPS) is 18.0. The number of nitro groups is 1. The molecule has 2 heterocycles. The molecule has 0 N–H and O–H groups in total. The maximum atomic E-state index is 13.0. The molecule has 1 aromatic rings. The Morgan fingerprint density at radius 2 is 1.66 bits per heavy atom. The molecular weight excluding hydrogens is 467 g/mol. The summed E-state index contributed by atoms with van der Waals surface area (Å²) in [7, 11) is 0. The second-order valence-electron chi connectivity index (χ2n) is 8.89. The molecule has 1 aromatic carbocycles. The molecule has 0 spiro atoms. The summed E-state index contributed by atoms with van der Waals surface area (Å²) in [6.45, 7) is 8.58. The van der Waals surface area contributed by atoms with E-state index in [0.29, 0.717) is 77.8 Å². The quantitative estimate of drug-likeness (QED) is 0.423. The van der Waals surface area contributed by atoms with Gasteiger partial charge >= 0.3 is 6.18 Å². The van der Waals surface area contributed by atoms with Crippen molar-refractivity contribution < 1.29 is 27.7 Å². The molecule has 2 saturated heterocycles. The van der Waals surface area contributed by atoms with E-state index in [9.17, 15) is 32.9 Å². The summed E-state index contributed by atoms with van der Waals surface area (Å²) >= 11 is 0. The van der Waals surface area contributed by atoms with Gasteiger partial charge in [0.05, 0.1) is 17.0 Å². The highest BCUT2D eigenvalue weighted by Gasteiger charge is 2.36. The van der Waals surface area contributed by atoms with Crippen molar-refractivity contribution in [1.82, 2.24) is 14.7 Å². The van der Waals surface area contributed by atoms with E-state index in [0.717, 1.165) is 12.1 Å². The van der Waals surface area contributed by atoms with Crippen molar-refractivity contribution in [3.63, 3.8) is 0 Å². The van der Waals surface area contributed by atoms with Gasteiger partial charge in [0.15, 0.2) is 0 Å². The molecule has 35 heavy (non-hydrogen) atoms. The number of rotatable bonds is 7. The molecule has 9 nitrogen and oxygen atoms in total. The number of amides is 2. The van der Waals surface area contributed by atoms with Crippen molar-refractivity contribution in [2.45, 2.75) is 32.9 Å². The van der Waals surface area contributed by atoms with Gasteiger partial charge in [-0.2, -0.15) is 13.2 Å². The minimum atomic E-state index is -4.66. The largest absolute Gasteiger partial charge is 0.416 e. The predicted octanol–water partition coefficient (Wildman–Crippen LogP) is 2.84. The molecule has 2 aliphatic rings. The Bertz CT molecular complexity index is 922. The van der Waals surface area contributed by atoms with Gasteiger partial charge in [0.2, 0.25) is 11.8 Å². The number of nitro benzene ring substituents is 1. The Morgan fingerprint density at radius 1 is 1.06 bits per heavy atom. The van der Waals surface area contributed by atoms with Gasteiger partial charge in [-0.25, -0.2) is 0 Å². The molecule has 0 unspecified atom stereocenters. The van der Waals surface area contributed by atoms with Crippen LogP contribution < -0.4 is 4.90 Å². The summed E-state index contributed by atoms with van der Waals surface area (Å²) in [6.07, 6.45) is -3.72. The van der Waals surface area contributed by atoms with E-state index in [1.165, 1.54) is 0 Å². The number of nitrogens with zero attached hydrogens (tertiary/aromatic N) is 5. The first-order valence-corrected chi connectivity index (χ1v) is 11.9. The Hall–Kier alpha value is -2.89. The fourth-order valence-corrected chi connectivity index (χ4v) is 4.73. The molecule has 0 aromatic heterocycles. The van der Waals surface area contributed by atoms with E-state index in [4.69, 9.17) is 0 Å². The summed E-state index contributed by atoms with van der Waals surface area (Å²) in [6, 6.07) is 2.56. The lowest BCUT2D eigenvalue weighted by Gasteiger charge is -2.39. The van der Waals surface area contributed by atoms with Gasteiger partial charge in [-0.15, -0.1) is 0 Å². The maximum Gasteiger partial charge on any atom is 0.416 e. The summed E-state index contributed by atoms with van der Waals surface area (Å²) < 4.78 is 38.9. The zero-order valence-corrected chi connectivity index (χ0v) is 20.1. The fourth-order valence-electron chi connectivity index (χ4n) is 4.73. The smallest absolute Gasteiger partial charge is 0.366 e. The number of halogens is 3. The van der Waals surface area contributed by atoms with Crippen LogP contribution in [0.25, 0.3) is 0 Å². The van der Waals surface area contributed by atoms with Crippen LogP contribution in [0.4, 0.5) is 24.5 Å². The molecule has 2 aliphatic heterocycles. The van der Waals surface area contributed by atoms with Gasteiger partial charge in [-0.1, -0.05) is 0 Å². The topological polar surface area (TPSA) is 90.2 Å². The van der Waals surface area contributed by atoms with E-state index in [1.807, 2.05) is 13.8 Å². The van der Waals surface area contributed by atoms with Crippen LogP contribution in [0.1, 0.15) is 32.3 Å². The van der Waals surface area contributed by atoms with Crippen LogP contribution in [0.2, 0.25) is 0 Å². The third-order valence-electron chi connectivity index (χ3n) is 6.84. The number of hydrogen-bond acceptors (Lipinski definition) is 6. The highest BCUT2D eigenvalue weighted by molar-refractivity contribution is 5.80. The molecule has 0 aliphatic carbocycles. The number of likely N-dealkylation sites (N-methyl/N-ethyl adjacent to an activating group) is 1. The zero-order valence-electron chi connectivity index (χ0n) is 20.1. The lowest BCUT2D eigenvalue weighted by Crippen LogP contribution is -2.53. The molecule has 0 bridgehead atoms. The number of alkyl halides is 3. The maximum absolute atomic E-state index is 13.0. The molecule has 0 radical (unpaired) electrons. The molecule has 12 heteroatoms. The number of carbonyl (C=O) groups is 2. The van der Waals surface area contributed by atoms with Crippen molar-refractivity contribution in [3.05, 3.63) is 33.9 Å². The Kier molecular flexibility index (Phi) is 8.57. The van der Waals surface area contributed by atoms with E-state index in [1.54, 1.807) is 14.7 Å². The van der Waals surface area contributed by atoms with Gasteiger partial charge < -0.3 is 14.7 Å². The fraction of sp³-hybridized carbons (Fsp3) is 0.652. The Balaban J connectivity index is 1.54. The highest BCUT2D eigenvalue weighted by Crippen LogP contribution is 2.37. The van der Waals surface area contributed by atoms with Crippen LogP contribution in [0.3, 0.4) is 0 Å². The number of anilines is 1. The SMILES string of the molecule is CCN(CC)C(=O)CN1CCN(C(=O)C2CCN(c3ccc(C(F)(F)F)cc3[N+](=O)[O-])CC2)CC1. The first-order valence-electron chi connectivity index (χ1n) is 11.9. The van der Waals surface area contributed by atoms with E-state index >= 15 is 0 Å². The first kappa shape index (κ1) is 26.7. The minimum Gasteiger partial charge on any atom is -0.366 e. The number of hydrogen-bond donors (Lipinski definition) is 0. The van der Waals surface area contributed by atoms with Gasteiger partial charge in [-0.3, -0.25) is 24.6 Å². The monoisotopic (exact) mass is 499 g/mol.